The Morgan fingerprint density at radius 3 is 2.48 bits per heavy atom. The lowest BCUT2D eigenvalue weighted by atomic mass is 10.3. The molecule has 0 spiro atoms. The third-order valence-electron chi connectivity index (χ3n) is 2.99. The van der Waals surface area contributed by atoms with Gasteiger partial charge >= 0.3 is 0 Å². The Morgan fingerprint density at radius 2 is 1.95 bits per heavy atom. The molecule has 0 aliphatic heterocycles. The SMILES string of the molecule is CCCN(CCC)c1cnc(C(=O)NCCCOC)cn1. The number of rotatable bonds is 10. The fourth-order valence-corrected chi connectivity index (χ4v) is 1.99. The summed E-state index contributed by atoms with van der Waals surface area (Å²) in [6.45, 7) is 7.38. The third kappa shape index (κ3) is 6.08. The highest BCUT2D eigenvalue weighted by atomic mass is 16.5. The van der Waals surface area contributed by atoms with E-state index in [9.17, 15) is 4.79 Å². The Kier molecular flexibility index (Phi) is 8.35. The number of hydrogen-bond acceptors (Lipinski definition) is 5. The molecule has 1 heterocycles. The minimum absolute atomic E-state index is 0.192. The van der Waals surface area contributed by atoms with Crippen molar-refractivity contribution in [3.8, 4) is 0 Å². The van der Waals surface area contributed by atoms with Gasteiger partial charge in [-0.05, 0) is 19.3 Å². The van der Waals surface area contributed by atoms with Gasteiger partial charge in [0.25, 0.3) is 5.91 Å². The van der Waals surface area contributed by atoms with E-state index in [2.05, 4.69) is 34.0 Å². The lowest BCUT2D eigenvalue weighted by Gasteiger charge is -2.22. The number of nitrogens with one attached hydrogen (secondary N) is 1. The van der Waals surface area contributed by atoms with Crippen molar-refractivity contribution < 1.29 is 9.53 Å². The maximum atomic E-state index is 11.9. The molecular formula is C15H26N4O2. The molecule has 0 bridgehead atoms. The van der Waals surface area contributed by atoms with Gasteiger partial charge in [0.1, 0.15) is 11.5 Å². The molecule has 0 saturated carbocycles. The van der Waals surface area contributed by atoms with Crippen molar-refractivity contribution >= 4 is 11.7 Å². The number of aromatic nitrogens is 2. The van der Waals surface area contributed by atoms with E-state index in [1.165, 1.54) is 0 Å². The van der Waals surface area contributed by atoms with E-state index in [1.807, 2.05) is 0 Å². The van der Waals surface area contributed by atoms with E-state index in [0.717, 1.165) is 38.2 Å². The fraction of sp³-hybridized carbons (Fsp3) is 0.667. The number of carbonyl (C=O) groups excluding carboxylic acids is 1. The second kappa shape index (κ2) is 10.1. The average Bonchev–Trinajstić information content (AvgIpc) is 2.51. The first-order valence-corrected chi connectivity index (χ1v) is 7.57. The number of methoxy groups -OCH3 is 1. The van der Waals surface area contributed by atoms with Gasteiger partial charge < -0.3 is 15.0 Å². The van der Waals surface area contributed by atoms with Crippen molar-refractivity contribution in [1.29, 1.82) is 0 Å². The van der Waals surface area contributed by atoms with Gasteiger partial charge in [-0.2, -0.15) is 0 Å². The van der Waals surface area contributed by atoms with Crippen molar-refractivity contribution in [2.45, 2.75) is 33.1 Å². The number of carbonyl (C=O) groups is 1. The number of ether oxygens (including phenoxy) is 1. The van der Waals surface area contributed by atoms with Crippen LogP contribution in [0, 0.1) is 0 Å². The molecule has 118 valence electrons. The van der Waals surface area contributed by atoms with Gasteiger partial charge in [0, 0.05) is 33.4 Å². The average molecular weight is 294 g/mol. The zero-order chi connectivity index (χ0) is 15.5. The predicted octanol–water partition coefficient (Wildman–Crippen LogP) is 1.87. The van der Waals surface area contributed by atoms with E-state index in [1.54, 1.807) is 19.5 Å². The summed E-state index contributed by atoms with van der Waals surface area (Å²) < 4.78 is 4.93. The molecule has 6 nitrogen and oxygen atoms in total. The van der Waals surface area contributed by atoms with E-state index < -0.39 is 0 Å². The molecule has 0 fully saturated rings. The van der Waals surface area contributed by atoms with Crippen molar-refractivity contribution in [1.82, 2.24) is 15.3 Å². The first kappa shape index (κ1) is 17.4. The van der Waals surface area contributed by atoms with Gasteiger partial charge in [-0.15, -0.1) is 0 Å². The van der Waals surface area contributed by atoms with Crippen molar-refractivity contribution in [3.05, 3.63) is 18.1 Å². The van der Waals surface area contributed by atoms with E-state index in [-0.39, 0.29) is 5.91 Å². The number of anilines is 1. The summed E-state index contributed by atoms with van der Waals surface area (Å²) in [6, 6.07) is 0. The summed E-state index contributed by atoms with van der Waals surface area (Å²) in [5.74, 6) is 0.636. The van der Waals surface area contributed by atoms with Crippen LogP contribution in [0.3, 0.4) is 0 Å². The van der Waals surface area contributed by atoms with Crippen LogP contribution in [-0.2, 0) is 4.74 Å². The van der Waals surface area contributed by atoms with Crippen LogP contribution < -0.4 is 10.2 Å². The van der Waals surface area contributed by atoms with Crippen molar-refractivity contribution in [2.24, 2.45) is 0 Å². The van der Waals surface area contributed by atoms with Crippen LogP contribution in [0.15, 0.2) is 12.4 Å². The first-order valence-electron chi connectivity index (χ1n) is 7.57. The molecule has 0 aliphatic carbocycles. The van der Waals surface area contributed by atoms with Crippen LogP contribution in [0.5, 0.6) is 0 Å². The number of amides is 1. The minimum atomic E-state index is -0.192. The molecule has 1 aromatic heterocycles. The molecule has 1 N–H and O–H groups in total. The Hall–Kier alpha value is -1.69. The van der Waals surface area contributed by atoms with E-state index in [4.69, 9.17) is 4.74 Å². The van der Waals surface area contributed by atoms with Gasteiger partial charge in [0.15, 0.2) is 0 Å². The predicted molar refractivity (Wildman–Crippen MR) is 83.7 cm³/mol. The summed E-state index contributed by atoms with van der Waals surface area (Å²) in [5.41, 5.74) is 0.351. The van der Waals surface area contributed by atoms with Crippen LogP contribution in [0.25, 0.3) is 0 Å². The molecule has 21 heavy (non-hydrogen) atoms. The molecular weight excluding hydrogens is 268 g/mol. The molecule has 6 heteroatoms. The zero-order valence-electron chi connectivity index (χ0n) is 13.3. The fourth-order valence-electron chi connectivity index (χ4n) is 1.99. The van der Waals surface area contributed by atoms with Crippen LogP contribution in [0.4, 0.5) is 5.82 Å². The lowest BCUT2D eigenvalue weighted by Crippen LogP contribution is -2.28. The highest BCUT2D eigenvalue weighted by Crippen LogP contribution is 2.10. The van der Waals surface area contributed by atoms with Crippen LogP contribution in [-0.4, -0.2) is 49.2 Å². The molecule has 0 aromatic carbocycles. The summed E-state index contributed by atoms with van der Waals surface area (Å²) in [6.07, 6.45) is 6.12. The highest BCUT2D eigenvalue weighted by molar-refractivity contribution is 5.91. The Balaban J connectivity index is 2.57. The normalized spacial score (nSPS) is 10.4. The van der Waals surface area contributed by atoms with Crippen molar-refractivity contribution in [2.75, 3.05) is 38.3 Å². The van der Waals surface area contributed by atoms with Crippen LogP contribution in [0.1, 0.15) is 43.6 Å². The topological polar surface area (TPSA) is 67.4 Å². The Bertz CT molecular complexity index is 403. The second-order valence-corrected chi connectivity index (χ2v) is 4.85. The van der Waals surface area contributed by atoms with Gasteiger partial charge in [-0.3, -0.25) is 4.79 Å². The molecule has 1 amide bonds. The standard InChI is InChI=1S/C15H26N4O2/c1-4-8-19(9-5-2)14-12-17-13(11-18-14)15(20)16-7-6-10-21-3/h11-12H,4-10H2,1-3H3,(H,16,20). The minimum Gasteiger partial charge on any atom is -0.385 e. The van der Waals surface area contributed by atoms with Gasteiger partial charge in [0.05, 0.1) is 12.4 Å². The van der Waals surface area contributed by atoms with E-state index >= 15 is 0 Å². The maximum Gasteiger partial charge on any atom is 0.271 e. The number of hydrogen-bond donors (Lipinski definition) is 1. The van der Waals surface area contributed by atoms with Crippen LogP contribution >= 0.6 is 0 Å². The van der Waals surface area contributed by atoms with Gasteiger partial charge in [-0.1, -0.05) is 13.8 Å². The quantitative estimate of drug-likeness (QED) is 0.667. The summed E-state index contributed by atoms with van der Waals surface area (Å²) in [7, 11) is 1.64. The molecule has 0 saturated heterocycles. The molecule has 0 aliphatic rings. The summed E-state index contributed by atoms with van der Waals surface area (Å²) in [4.78, 5) is 22.6. The monoisotopic (exact) mass is 294 g/mol. The first-order chi connectivity index (χ1) is 10.2. The maximum absolute atomic E-state index is 11.9. The molecule has 0 radical (unpaired) electrons. The smallest absolute Gasteiger partial charge is 0.271 e. The Labute approximate surface area is 126 Å². The lowest BCUT2D eigenvalue weighted by molar-refractivity contribution is 0.0943. The van der Waals surface area contributed by atoms with Gasteiger partial charge in [0.2, 0.25) is 0 Å². The third-order valence-corrected chi connectivity index (χ3v) is 2.99. The summed E-state index contributed by atoms with van der Waals surface area (Å²) in [5, 5.41) is 2.80. The molecule has 0 unspecified atom stereocenters. The summed E-state index contributed by atoms with van der Waals surface area (Å²) >= 11 is 0. The molecule has 1 rings (SSSR count). The highest BCUT2D eigenvalue weighted by Gasteiger charge is 2.10. The molecule has 1 aromatic rings. The molecule has 0 atom stereocenters. The number of nitrogens with zero attached hydrogens (tertiary/aromatic N) is 3. The van der Waals surface area contributed by atoms with Crippen LogP contribution in [0.2, 0.25) is 0 Å². The largest absolute Gasteiger partial charge is 0.385 e. The second-order valence-electron chi connectivity index (χ2n) is 4.85. The zero-order valence-corrected chi connectivity index (χ0v) is 13.3. The Morgan fingerprint density at radius 1 is 1.24 bits per heavy atom. The van der Waals surface area contributed by atoms with E-state index in [0.29, 0.717) is 18.8 Å². The van der Waals surface area contributed by atoms with Gasteiger partial charge in [-0.25, -0.2) is 9.97 Å². The van der Waals surface area contributed by atoms with Crippen molar-refractivity contribution in [3.63, 3.8) is 0 Å².